The van der Waals surface area contributed by atoms with Crippen LogP contribution in [0.25, 0.3) is 0 Å². The summed E-state index contributed by atoms with van der Waals surface area (Å²) in [6.07, 6.45) is 4.49. The maximum atomic E-state index is 12.5. The molecule has 2 atom stereocenters. The van der Waals surface area contributed by atoms with Crippen LogP contribution in [-0.2, 0) is 0 Å². The van der Waals surface area contributed by atoms with E-state index >= 15 is 0 Å². The Labute approximate surface area is 120 Å². The summed E-state index contributed by atoms with van der Waals surface area (Å²) in [6, 6.07) is 5.84. The van der Waals surface area contributed by atoms with Crippen molar-refractivity contribution in [1.82, 2.24) is 5.32 Å². The molecule has 2 rings (SSSR count). The molecule has 1 fully saturated rings. The molecule has 0 bridgehead atoms. The van der Waals surface area contributed by atoms with Crippen LogP contribution in [0, 0.1) is 12.8 Å². The van der Waals surface area contributed by atoms with Crippen molar-refractivity contribution >= 4 is 5.91 Å². The molecule has 0 aromatic heterocycles. The molecule has 1 amide bonds. The predicted octanol–water partition coefficient (Wildman–Crippen LogP) is 2.25. The molecule has 2 unspecified atom stereocenters. The van der Waals surface area contributed by atoms with Gasteiger partial charge in [-0.15, -0.1) is 0 Å². The molecule has 1 aromatic carbocycles. The first-order valence-electron chi connectivity index (χ1n) is 7.31. The largest absolute Gasteiger partial charge is 0.496 e. The highest BCUT2D eigenvalue weighted by molar-refractivity contribution is 5.97. The average molecular weight is 276 g/mol. The normalized spacial score (nSPS) is 22.4. The van der Waals surface area contributed by atoms with E-state index in [1.165, 1.54) is 6.42 Å². The molecule has 110 valence electrons. The number of rotatable bonds is 4. The molecular weight excluding hydrogens is 252 g/mol. The highest BCUT2D eigenvalue weighted by Crippen LogP contribution is 2.25. The fraction of sp³-hybridized carbons (Fsp3) is 0.562. The highest BCUT2D eigenvalue weighted by Gasteiger charge is 2.26. The quantitative estimate of drug-likeness (QED) is 0.886. The Morgan fingerprint density at radius 3 is 2.85 bits per heavy atom. The van der Waals surface area contributed by atoms with Crippen LogP contribution in [0.5, 0.6) is 5.75 Å². The van der Waals surface area contributed by atoms with E-state index in [0.717, 1.165) is 24.8 Å². The first-order valence-corrected chi connectivity index (χ1v) is 7.31. The number of hydrogen-bond acceptors (Lipinski definition) is 3. The molecule has 1 aliphatic carbocycles. The number of nitrogens with two attached hydrogens (primary N) is 1. The van der Waals surface area contributed by atoms with Crippen molar-refractivity contribution in [2.24, 2.45) is 11.7 Å². The van der Waals surface area contributed by atoms with Gasteiger partial charge in [-0.3, -0.25) is 4.79 Å². The minimum Gasteiger partial charge on any atom is -0.496 e. The van der Waals surface area contributed by atoms with Gasteiger partial charge in [0.25, 0.3) is 5.91 Å². The Balaban J connectivity index is 2.13. The molecule has 0 radical (unpaired) electrons. The lowest BCUT2D eigenvalue weighted by molar-refractivity contribution is 0.0905. The van der Waals surface area contributed by atoms with Gasteiger partial charge in [0.15, 0.2) is 0 Å². The summed E-state index contributed by atoms with van der Waals surface area (Å²) >= 11 is 0. The molecule has 1 aliphatic rings. The molecule has 20 heavy (non-hydrogen) atoms. The summed E-state index contributed by atoms with van der Waals surface area (Å²) < 4.78 is 5.28. The summed E-state index contributed by atoms with van der Waals surface area (Å²) in [6.45, 7) is 2.61. The summed E-state index contributed by atoms with van der Waals surface area (Å²) in [5.41, 5.74) is 7.47. The number of ether oxygens (including phenoxy) is 1. The van der Waals surface area contributed by atoms with Crippen molar-refractivity contribution in [2.45, 2.75) is 38.6 Å². The number of carbonyl (C=O) groups is 1. The van der Waals surface area contributed by atoms with Crippen molar-refractivity contribution in [3.8, 4) is 5.75 Å². The van der Waals surface area contributed by atoms with Gasteiger partial charge in [-0.05, 0) is 44.4 Å². The smallest absolute Gasteiger partial charge is 0.255 e. The molecule has 3 N–H and O–H groups in total. The first-order chi connectivity index (χ1) is 9.65. The van der Waals surface area contributed by atoms with E-state index in [4.69, 9.17) is 10.5 Å². The minimum absolute atomic E-state index is 0.0594. The van der Waals surface area contributed by atoms with Crippen LogP contribution in [0.15, 0.2) is 18.2 Å². The van der Waals surface area contributed by atoms with Gasteiger partial charge in [-0.1, -0.05) is 24.5 Å². The van der Waals surface area contributed by atoms with Crippen LogP contribution in [0.1, 0.15) is 41.6 Å². The van der Waals surface area contributed by atoms with E-state index in [0.29, 0.717) is 23.8 Å². The molecule has 4 nitrogen and oxygen atoms in total. The van der Waals surface area contributed by atoms with Crippen LogP contribution >= 0.6 is 0 Å². The van der Waals surface area contributed by atoms with Gasteiger partial charge in [0.1, 0.15) is 5.75 Å². The minimum atomic E-state index is -0.0594. The highest BCUT2D eigenvalue weighted by atomic mass is 16.5. The zero-order valence-corrected chi connectivity index (χ0v) is 12.3. The third-order valence-corrected chi connectivity index (χ3v) is 4.13. The van der Waals surface area contributed by atoms with E-state index in [1.807, 2.05) is 25.1 Å². The Morgan fingerprint density at radius 1 is 1.40 bits per heavy atom. The molecular formula is C16H24N2O2. The molecule has 1 aromatic rings. The number of methoxy groups -OCH3 is 1. The van der Waals surface area contributed by atoms with Crippen molar-refractivity contribution in [3.05, 3.63) is 29.3 Å². The second kappa shape index (κ2) is 6.75. The lowest BCUT2D eigenvalue weighted by Gasteiger charge is -2.31. The average Bonchev–Trinajstić information content (AvgIpc) is 2.47. The van der Waals surface area contributed by atoms with E-state index < -0.39 is 0 Å². The Hall–Kier alpha value is -1.55. The second-order valence-corrected chi connectivity index (χ2v) is 5.56. The van der Waals surface area contributed by atoms with Gasteiger partial charge in [-0.25, -0.2) is 0 Å². The van der Waals surface area contributed by atoms with E-state index in [9.17, 15) is 4.79 Å². The lowest BCUT2D eigenvalue weighted by atomic mass is 9.84. The van der Waals surface area contributed by atoms with Gasteiger partial charge in [-0.2, -0.15) is 0 Å². The van der Waals surface area contributed by atoms with Gasteiger partial charge >= 0.3 is 0 Å². The summed E-state index contributed by atoms with van der Waals surface area (Å²) in [5.74, 6) is 0.951. The predicted molar refractivity (Wildman–Crippen MR) is 80.0 cm³/mol. The zero-order valence-electron chi connectivity index (χ0n) is 12.3. The molecule has 4 heteroatoms. The molecule has 1 saturated carbocycles. The number of aryl methyl sites for hydroxylation is 1. The fourth-order valence-corrected chi connectivity index (χ4v) is 2.93. The summed E-state index contributed by atoms with van der Waals surface area (Å²) in [7, 11) is 1.59. The standard InChI is InChI=1S/C16H24N2O2/c1-11-7-8-15(20-2)13(9-11)16(19)18-14-6-4-3-5-12(14)10-17/h7-9,12,14H,3-6,10,17H2,1-2H3,(H,18,19). The van der Waals surface area contributed by atoms with E-state index in [2.05, 4.69) is 5.32 Å². The van der Waals surface area contributed by atoms with Gasteiger partial charge < -0.3 is 15.8 Å². The topological polar surface area (TPSA) is 64.3 Å². The Bertz CT molecular complexity index is 474. The van der Waals surface area contributed by atoms with Crippen LogP contribution in [0.2, 0.25) is 0 Å². The Kier molecular flexibility index (Phi) is 5.01. The first kappa shape index (κ1) is 14.9. The van der Waals surface area contributed by atoms with Crippen LogP contribution in [-0.4, -0.2) is 25.6 Å². The monoisotopic (exact) mass is 276 g/mol. The van der Waals surface area contributed by atoms with Crippen LogP contribution in [0.3, 0.4) is 0 Å². The lowest BCUT2D eigenvalue weighted by Crippen LogP contribution is -2.44. The molecule has 0 aliphatic heterocycles. The van der Waals surface area contributed by atoms with Gasteiger partial charge in [0.2, 0.25) is 0 Å². The van der Waals surface area contributed by atoms with Crippen molar-refractivity contribution in [2.75, 3.05) is 13.7 Å². The number of nitrogens with one attached hydrogen (secondary N) is 1. The maximum absolute atomic E-state index is 12.5. The SMILES string of the molecule is COc1ccc(C)cc1C(=O)NC1CCCCC1CN. The Morgan fingerprint density at radius 2 is 2.15 bits per heavy atom. The molecule has 0 heterocycles. The van der Waals surface area contributed by atoms with E-state index in [1.54, 1.807) is 7.11 Å². The summed E-state index contributed by atoms with van der Waals surface area (Å²) in [5, 5.41) is 3.14. The van der Waals surface area contributed by atoms with Crippen molar-refractivity contribution in [3.63, 3.8) is 0 Å². The third-order valence-electron chi connectivity index (χ3n) is 4.13. The zero-order chi connectivity index (χ0) is 14.5. The second-order valence-electron chi connectivity index (χ2n) is 5.56. The van der Waals surface area contributed by atoms with Gasteiger partial charge in [0.05, 0.1) is 12.7 Å². The van der Waals surface area contributed by atoms with E-state index in [-0.39, 0.29) is 11.9 Å². The molecule has 0 spiro atoms. The van der Waals surface area contributed by atoms with Gasteiger partial charge in [0, 0.05) is 6.04 Å². The number of carbonyl (C=O) groups excluding carboxylic acids is 1. The number of amides is 1. The van der Waals surface area contributed by atoms with Crippen molar-refractivity contribution in [1.29, 1.82) is 0 Å². The molecule has 0 saturated heterocycles. The maximum Gasteiger partial charge on any atom is 0.255 e. The van der Waals surface area contributed by atoms with Crippen LogP contribution in [0.4, 0.5) is 0 Å². The van der Waals surface area contributed by atoms with Crippen LogP contribution < -0.4 is 15.8 Å². The number of benzene rings is 1. The number of hydrogen-bond donors (Lipinski definition) is 2. The summed E-state index contributed by atoms with van der Waals surface area (Å²) in [4.78, 5) is 12.5. The van der Waals surface area contributed by atoms with Crippen molar-refractivity contribution < 1.29 is 9.53 Å². The third kappa shape index (κ3) is 3.31. The fourth-order valence-electron chi connectivity index (χ4n) is 2.93.